The standard InChI is InChI=1S/C20H15Cl2O2Si/c21-25(22)18-11-12-19-15(13-18)14-23-20(24-19,16-7-3-1-4-8-16)17-9-5-2-6-10-17/h1-13H,14H2. The molecule has 0 saturated heterocycles. The van der Waals surface area contributed by atoms with Crippen molar-refractivity contribution in [2.45, 2.75) is 12.4 Å². The van der Waals surface area contributed by atoms with E-state index in [0.717, 1.165) is 27.6 Å². The van der Waals surface area contributed by atoms with E-state index in [1.165, 1.54) is 0 Å². The molecular formula is C20H15Cl2O2Si. The van der Waals surface area contributed by atoms with E-state index in [2.05, 4.69) is 0 Å². The summed E-state index contributed by atoms with van der Waals surface area (Å²) >= 11 is 12.2. The summed E-state index contributed by atoms with van der Waals surface area (Å²) in [7, 11) is -1.54. The zero-order valence-corrected chi connectivity index (χ0v) is 15.8. The minimum Gasteiger partial charge on any atom is -0.453 e. The Hall–Kier alpha value is -1.78. The third-order valence-corrected chi connectivity index (χ3v) is 6.33. The van der Waals surface area contributed by atoms with Gasteiger partial charge in [-0.05, 0) is 11.3 Å². The molecule has 25 heavy (non-hydrogen) atoms. The zero-order valence-electron chi connectivity index (χ0n) is 13.3. The van der Waals surface area contributed by atoms with Gasteiger partial charge in [-0.3, -0.25) is 0 Å². The van der Waals surface area contributed by atoms with E-state index in [4.69, 9.17) is 31.6 Å². The van der Waals surface area contributed by atoms with Crippen LogP contribution in [0, 0.1) is 0 Å². The molecule has 0 saturated carbocycles. The quantitative estimate of drug-likeness (QED) is 0.481. The molecule has 1 heterocycles. The number of hydrogen-bond donors (Lipinski definition) is 0. The first-order valence-corrected chi connectivity index (χ1v) is 11.5. The lowest BCUT2D eigenvalue weighted by atomic mass is 9.95. The Morgan fingerprint density at radius 2 is 1.40 bits per heavy atom. The minimum atomic E-state index is -1.54. The second-order valence-electron chi connectivity index (χ2n) is 5.82. The van der Waals surface area contributed by atoms with E-state index in [1.54, 1.807) is 0 Å². The predicted octanol–water partition coefficient (Wildman–Crippen LogP) is 4.67. The van der Waals surface area contributed by atoms with Crippen molar-refractivity contribution in [3.8, 4) is 5.75 Å². The summed E-state index contributed by atoms with van der Waals surface area (Å²) in [5.74, 6) is -0.175. The first-order chi connectivity index (χ1) is 12.2. The van der Waals surface area contributed by atoms with Crippen LogP contribution < -0.4 is 9.92 Å². The van der Waals surface area contributed by atoms with Crippen LogP contribution in [0.25, 0.3) is 0 Å². The smallest absolute Gasteiger partial charge is 0.307 e. The van der Waals surface area contributed by atoms with Crippen LogP contribution in [-0.2, 0) is 17.1 Å². The van der Waals surface area contributed by atoms with Crippen LogP contribution in [0.1, 0.15) is 16.7 Å². The summed E-state index contributed by atoms with van der Waals surface area (Å²) in [5.41, 5.74) is 2.87. The summed E-state index contributed by atoms with van der Waals surface area (Å²) in [6, 6.07) is 25.8. The Morgan fingerprint density at radius 3 is 1.96 bits per heavy atom. The third kappa shape index (κ3) is 3.09. The maximum atomic E-state index is 6.43. The van der Waals surface area contributed by atoms with Gasteiger partial charge in [-0.1, -0.05) is 72.8 Å². The Balaban J connectivity index is 1.82. The summed E-state index contributed by atoms with van der Waals surface area (Å²) in [4.78, 5) is 0. The van der Waals surface area contributed by atoms with Gasteiger partial charge in [-0.15, -0.1) is 22.2 Å². The number of benzene rings is 3. The first-order valence-electron chi connectivity index (χ1n) is 7.94. The highest BCUT2D eigenvalue weighted by Gasteiger charge is 2.41. The lowest BCUT2D eigenvalue weighted by Gasteiger charge is -2.39. The second kappa shape index (κ2) is 6.85. The van der Waals surface area contributed by atoms with E-state index in [0.29, 0.717) is 6.61 Å². The molecule has 0 N–H and O–H groups in total. The molecular weight excluding hydrogens is 371 g/mol. The fourth-order valence-electron chi connectivity index (χ4n) is 3.04. The van der Waals surface area contributed by atoms with Crippen molar-refractivity contribution in [3.05, 3.63) is 95.6 Å². The van der Waals surface area contributed by atoms with Crippen molar-refractivity contribution in [3.63, 3.8) is 0 Å². The van der Waals surface area contributed by atoms with E-state index in [-0.39, 0.29) is 0 Å². The number of halogens is 2. The number of hydrogen-bond acceptors (Lipinski definition) is 2. The van der Waals surface area contributed by atoms with E-state index in [9.17, 15) is 0 Å². The molecule has 125 valence electrons. The van der Waals surface area contributed by atoms with Gasteiger partial charge in [0.05, 0.1) is 6.61 Å². The molecule has 0 amide bonds. The van der Waals surface area contributed by atoms with Crippen molar-refractivity contribution in [2.24, 2.45) is 0 Å². The molecule has 0 fully saturated rings. The first kappa shape index (κ1) is 16.7. The van der Waals surface area contributed by atoms with Gasteiger partial charge in [-0.2, -0.15) is 0 Å². The van der Waals surface area contributed by atoms with Crippen LogP contribution in [0.4, 0.5) is 0 Å². The third-order valence-electron chi connectivity index (χ3n) is 4.27. The van der Waals surface area contributed by atoms with Gasteiger partial charge in [-0.25, -0.2) is 0 Å². The Labute approximate surface area is 157 Å². The predicted molar refractivity (Wildman–Crippen MR) is 103 cm³/mol. The topological polar surface area (TPSA) is 18.5 Å². The molecule has 5 heteroatoms. The van der Waals surface area contributed by atoms with Gasteiger partial charge in [0.15, 0.2) is 0 Å². The summed E-state index contributed by atoms with van der Waals surface area (Å²) in [6.07, 6.45) is 0. The van der Waals surface area contributed by atoms with E-state index < -0.39 is 13.2 Å². The van der Waals surface area contributed by atoms with Crippen LogP contribution in [0.5, 0.6) is 5.75 Å². The Morgan fingerprint density at radius 1 is 0.800 bits per heavy atom. The highest BCUT2D eigenvalue weighted by atomic mass is 35.7. The maximum Gasteiger partial charge on any atom is 0.307 e. The Bertz CT molecular complexity index is 830. The largest absolute Gasteiger partial charge is 0.453 e. The number of rotatable bonds is 3. The summed E-state index contributed by atoms with van der Waals surface area (Å²) in [6.45, 7) is 0.426. The lowest BCUT2D eigenvalue weighted by molar-refractivity contribution is -0.184. The molecule has 0 bridgehead atoms. The van der Waals surface area contributed by atoms with Crippen molar-refractivity contribution < 1.29 is 9.47 Å². The molecule has 1 aliphatic rings. The average Bonchev–Trinajstić information content (AvgIpc) is 2.68. The molecule has 0 spiro atoms. The Kier molecular flexibility index (Phi) is 4.57. The molecule has 0 unspecified atom stereocenters. The highest BCUT2D eigenvalue weighted by Crippen LogP contribution is 2.41. The molecule has 0 atom stereocenters. The average molecular weight is 386 g/mol. The van der Waals surface area contributed by atoms with Crippen molar-refractivity contribution in [1.82, 2.24) is 0 Å². The maximum absolute atomic E-state index is 6.43. The van der Waals surface area contributed by atoms with Gasteiger partial charge in [0.2, 0.25) is 0 Å². The van der Waals surface area contributed by atoms with Gasteiger partial charge < -0.3 is 9.47 Å². The number of fused-ring (bicyclic) bond motifs is 1. The lowest BCUT2D eigenvalue weighted by Crippen LogP contribution is -2.40. The molecule has 3 aromatic rings. The molecule has 0 aromatic heterocycles. The van der Waals surface area contributed by atoms with Crippen LogP contribution >= 0.6 is 22.2 Å². The summed E-state index contributed by atoms with van der Waals surface area (Å²) < 4.78 is 12.7. The van der Waals surface area contributed by atoms with Crippen LogP contribution in [0.15, 0.2) is 78.9 Å². The SMILES string of the molecule is Cl[Si](Cl)c1ccc2c(c1)COC(c1ccccc1)(c1ccccc1)O2. The number of ether oxygens (including phenoxy) is 2. The van der Waals surface area contributed by atoms with Crippen molar-refractivity contribution in [2.75, 3.05) is 0 Å². The molecule has 3 aromatic carbocycles. The van der Waals surface area contributed by atoms with Crippen molar-refractivity contribution in [1.29, 1.82) is 0 Å². The van der Waals surface area contributed by atoms with Crippen molar-refractivity contribution >= 4 is 34.8 Å². The molecule has 1 radical (unpaired) electrons. The zero-order chi connectivity index (χ0) is 17.3. The van der Waals surface area contributed by atoms with Crippen LogP contribution in [0.2, 0.25) is 0 Å². The van der Waals surface area contributed by atoms with Gasteiger partial charge in [0.1, 0.15) is 5.75 Å². The van der Waals surface area contributed by atoms with Gasteiger partial charge >= 0.3 is 7.42 Å². The summed E-state index contributed by atoms with van der Waals surface area (Å²) in [5, 5.41) is 0.936. The fraction of sp³-hybridized carbons (Fsp3) is 0.100. The van der Waals surface area contributed by atoms with Crippen LogP contribution in [-0.4, -0.2) is 7.42 Å². The highest BCUT2D eigenvalue weighted by molar-refractivity contribution is 7.39. The monoisotopic (exact) mass is 385 g/mol. The van der Waals surface area contributed by atoms with Gasteiger partial charge in [0.25, 0.3) is 5.79 Å². The molecule has 4 rings (SSSR count). The second-order valence-corrected chi connectivity index (χ2v) is 9.77. The van der Waals surface area contributed by atoms with Crippen LogP contribution in [0.3, 0.4) is 0 Å². The van der Waals surface area contributed by atoms with E-state index in [1.807, 2.05) is 78.9 Å². The van der Waals surface area contributed by atoms with Gasteiger partial charge in [0, 0.05) is 16.7 Å². The molecule has 0 aliphatic carbocycles. The molecule has 2 nitrogen and oxygen atoms in total. The molecule has 1 aliphatic heterocycles. The minimum absolute atomic E-state index is 0.426. The fourth-order valence-corrected chi connectivity index (χ4v) is 4.24. The normalized spacial score (nSPS) is 15.5. The van der Waals surface area contributed by atoms with E-state index >= 15 is 0 Å².